The van der Waals surface area contributed by atoms with Gasteiger partial charge < -0.3 is 9.88 Å². The summed E-state index contributed by atoms with van der Waals surface area (Å²) in [4.78, 5) is 4.78. The van der Waals surface area contributed by atoms with Crippen molar-refractivity contribution >= 4 is 11.0 Å². The highest BCUT2D eigenvalue weighted by atomic mass is 19.1. The highest BCUT2D eigenvalue weighted by molar-refractivity contribution is 5.76. The summed E-state index contributed by atoms with van der Waals surface area (Å²) in [5.74, 6) is 0.870. The standard InChI is InChI=1S/C15H20FN3/c1-3-15(8-5-9-17-15)14-18-12-7-6-11(16)10-13(12)19(14)4-2/h6-7,10,17H,3-5,8-9H2,1-2H3. The number of aromatic nitrogens is 2. The molecule has 1 aromatic heterocycles. The van der Waals surface area contributed by atoms with Gasteiger partial charge in [-0.2, -0.15) is 0 Å². The third-order valence-electron chi connectivity index (χ3n) is 4.30. The molecule has 3 rings (SSSR count). The Morgan fingerprint density at radius 2 is 2.26 bits per heavy atom. The Labute approximate surface area is 112 Å². The molecule has 0 radical (unpaired) electrons. The fourth-order valence-electron chi connectivity index (χ4n) is 3.24. The number of halogens is 1. The maximum Gasteiger partial charge on any atom is 0.130 e. The van der Waals surface area contributed by atoms with Gasteiger partial charge in [0.05, 0.1) is 16.6 Å². The van der Waals surface area contributed by atoms with E-state index in [1.165, 1.54) is 12.5 Å². The number of nitrogens with zero attached hydrogens (tertiary/aromatic N) is 2. The molecule has 0 spiro atoms. The Hall–Kier alpha value is -1.42. The third-order valence-corrected chi connectivity index (χ3v) is 4.30. The quantitative estimate of drug-likeness (QED) is 0.919. The summed E-state index contributed by atoms with van der Waals surface area (Å²) in [7, 11) is 0. The Bertz CT molecular complexity index is 597. The van der Waals surface area contributed by atoms with Gasteiger partial charge in [0.2, 0.25) is 0 Å². The van der Waals surface area contributed by atoms with Gasteiger partial charge in [-0.15, -0.1) is 0 Å². The number of imidazole rings is 1. The average molecular weight is 261 g/mol. The molecule has 3 nitrogen and oxygen atoms in total. The van der Waals surface area contributed by atoms with Crippen molar-refractivity contribution in [3.63, 3.8) is 0 Å². The fourth-order valence-corrected chi connectivity index (χ4v) is 3.24. The molecule has 1 fully saturated rings. The second kappa shape index (κ2) is 4.60. The molecular formula is C15H20FN3. The van der Waals surface area contributed by atoms with Gasteiger partial charge in [0.1, 0.15) is 11.6 Å². The maximum atomic E-state index is 13.5. The zero-order valence-electron chi connectivity index (χ0n) is 11.5. The number of fused-ring (bicyclic) bond motifs is 1. The van der Waals surface area contributed by atoms with E-state index in [1.807, 2.05) is 0 Å². The lowest BCUT2D eigenvalue weighted by Crippen LogP contribution is -2.38. The summed E-state index contributed by atoms with van der Waals surface area (Å²) in [6.45, 7) is 6.14. The van der Waals surface area contributed by atoms with Gasteiger partial charge in [-0.1, -0.05) is 6.92 Å². The predicted octanol–water partition coefficient (Wildman–Crippen LogP) is 3.18. The summed E-state index contributed by atoms with van der Waals surface area (Å²) in [5.41, 5.74) is 1.75. The molecule has 1 N–H and O–H groups in total. The zero-order chi connectivity index (χ0) is 13.5. The minimum Gasteiger partial charge on any atom is -0.327 e. The topological polar surface area (TPSA) is 29.9 Å². The van der Waals surface area contributed by atoms with Crippen LogP contribution < -0.4 is 5.32 Å². The molecule has 19 heavy (non-hydrogen) atoms. The monoisotopic (exact) mass is 261 g/mol. The number of rotatable bonds is 3. The molecule has 4 heteroatoms. The molecule has 2 heterocycles. The van der Waals surface area contributed by atoms with Gasteiger partial charge in [-0.25, -0.2) is 9.37 Å². The first-order chi connectivity index (χ1) is 9.20. The van der Waals surface area contributed by atoms with Gasteiger partial charge in [0, 0.05) is 6.54 Å². The number of aryl methyl sites for hydroxylation is 1. The van der Waals surface area contributed by atoms with E-state index >= 15 is 0 Å². The lowest BCUT2D eigenvalue weighted by atomic mass is 9.93. The summed E-state index contributed by atoms with van der Waals surface area (Å²) in [6.07, 6.45) is 3.29. The predicted molar refractivity (Wildman–Crippen MR) is 74.6 cm³/mol. The summed E-state index contributed by atoms with van der Waals surface area (Å²) in [6, 6.07) is 4.85. The highest BCUT2D eigenvalue weighted by Gasteiger charge is 2.37. The van der Waals surface area contributed by atoms with Crippen molar-refractivity contribution in [3.8, 4) is 0 Å². The number of hydrogen-bond donors (Lipinski definition) is 1. The van der Waals surface area contributed by atoms with Crippen LogP contribution >= 0.6 is 0 Å². The van der Waals surface area contributed by atoms with Crippen molar-refractivity contribution in [1.82, 2.24) is 14.9 Å². The summed E-state index contributed by atoms with van der Waals surface area (Å²) in [5, 5.41) is 3.61. The second-order valence-corrected chi connectivity index (χ2v) is 5.28. The molecule has 0 saturated carbocycles. The zero-order valence-corrected chi connectivity index (χ0v) is 11.5. The van der Waals surface area contributed by atoms with Gasteiger partial charge >= 0.3 is 0 Å². The largest absolute Gasteiger partial charge is 0.327 e. The molecule has 0 amide bonds. The SMILES string of the molecule is CCn1c(C2(CC)CCCN2)nc2ccc(F)cc21. The average Bonchev–Trinajstić information content (AvgIpc) is 3.02. The molecule has 1 unspecified atom stereocenters. The van der Waals surface area contributed by atoms with Crippen molar-refractivity contribution in [2.24, 2.45) is 0 Å². The van der Waals surface area contributed by atoms with Gasteiger partial charge in [-0.3, -0.25) is 0 Å². The molecular weight excluding hydrogens is 241 g/mol. The van der Waals surface area contributed by atoms with E-state index in [0.29, 0.717) is 0 Å². The van der Waals surface area contributed by atoms with E-state index in [1.54, 1.807) is 12.1 Å². The van der Waals surface area contributed by atoms with Crippen LogP contribution in [0.4, 0.5) is 4.39 Å². The van der Waals surface area contributed by atoms with Crippen molar-refractivity contribution < 1.29 is 4.39 Å². The Kier molecular flexibility index (Phi) is 3.05. The van der Waals surface area contributed by atoms with E-state index in [4.69, 9.17) is 4.98 Å². The first-order valence-corrected chi connectivity index (χ1v) is 7.11. The van der Waals surface area contributed by atoms with E-state index < -0.39 is 0 Å². The summed E-state index contributed by atoms with van der Waals surface area (Å²) >= 11 is 0. The number of hydrogen-bond acceptors (Lipinski definition) is 2. The van der Waals surface area contributed by atoms with Crippen molar-refractivity contribution in [1.29, 1.82) is 0 Å². The molecule has 102 valence electrons. The molecule has 0 aliphatic carbocycles. The summed E-state index contributed by atoms with van der Waals surface area (Å²) < 4.78 is 15.6. The normalized spacial score (nSPS) is 23.3. The molecule has 1 aromatic carbocycles. The molecule has 0 bridgehead atoms. The van der Waals surface area contributed by atoms with Crippen LogP contribution in [0.1, 0.15) is 38.9 Å². The van der Waals surface area contributed by atoms with Crippen LogP contribution in [0.2, 0.25) is 0 Å². The van der Waals surface area contributed by atoms with Crippen molar-refractivity contribution in [2.75, 3.05) is 6.54 Å². The molecule has 1 saturated heterocycles. The smallest absolute Gasteiger partial charge is 0.130 e. The Balaban J connectivity index is 2.23. The Morgan fingerprint density at radius 3 is 2.89 bits per heavy atom. The minimum absolute atomic E-state index is 0.0362. The maximum absolute atomic E-state index is 13.5. The van der Waals surface area contributed by atoms with E-state index in [9.17, 15) is 4.39 Å². The first kappa shape index (κ1) is 12.6. The van der Waals surface area contributed by atoms with E-state index in [-0.39, 0.29) is 11.4 Å². The lowest BCUT2D eigenvalue weighted by Gasteiger charge is -2.28. The van der Waals surface area contributed by atoms with Crippen LogP contribution in [0.3, 0.4) is 0 Å². The van der Waals surface area contributed by atoms with Gasteiger partial charge in [-0.05, 0) is 50.9 Å². The van der Waals surface area contributed by atoms with Crippen LogP contribution in [0.5, 0.6) is 0 Å². The lowest BCUT2D eigenvalue weighted by molar-refractivity contribution is 0.341. The third kappa shape index (κ3) is 1.86. The van der Waals surface area contributed by atoms with Crippen LogP contribution in [0, 0.1) is 5.82 Å². The fraction of sp³-hybridized carbons (Fsp3) is 0.533. The van der Waals surface area contributed by atoms with Crippen LogP contribution in [-0.2, 0) is 12.1 Å². The molecule has 1 aliphatic heterocycles. The van der Waals surface area contributed by atoms with Crippen LogP contribution in [0.15, 0.2) is 18.2 Å². The van der Waals surface area contributed by atoms with Crippen LogP contribution in [-0.4, -0.2) is 16.1 Å². The number of benzene rings is 1. The molecule has 1 atom stereocenters. The second-order valence-electron chi connectivity index (χ2n) is 5.28. The van der Waals surface area contributed by atoms with Crippen molar-refractivity contribution in [2.45, 2.75) is 45.2 Å². The molecule has 2 aromatic rings. The van der Waals surface area contributed by atoms with Gasteiger partial charge in [0.25, 0.3) is 0 Å². The number of nitrogens with one attached hydrogen (secondary N) is 1. The van der Waals surface area contributed by atoms with E-state index in [0.717, 1.165) is 42.8 Å². The van der Waals surface area contributed by atoms with Gasteiger partial charge in [0.15, 0.2) is 0 Å². The van der Waals surface area contributed by atoms with Crippen LogP contribution in [0.25, 0.3) is 11.0 Å². The van der Waals surface area contributed by atoms with Crippen molar-refractivity contribution in [3.05, 3.63) is 29.8 Å². The first-order valence-electron chi connectivity index (χ1n) is 7.11. The Morgan fingerprint density at radius 1 is 1.42 bits per heavy atom. The highest BCUT2D eigenvalue weighted by Crippen LogP contribution is 2.35. The van der Waals surface area contributed by atoms with E-state index in [2.05, 4.69) is 23.7 Å². The minimum atomic E-state index is -0.196. The molecule has 1 aliphatic rings.